The molecule has 162 valence electrons. The van der Waals surface area contributed by atoms with Crippen molar-refractivity contribution < 1.29 is 18.0 Å². The van der Waals surface area contributed by atoms with E-state index in [-0.39, 0.29) is 16.6 Å². The van der Waals surface area contributed by atoms with Crippen molar-refractivity contribution in [3.05, 3.63) is 91.0 Å². The first-order valence-corrected chi connectivity index (χ1v) is 13.3. The molecule has 3 atom stereocenters. The van der Waals surface area contributed by atoms with Gasteiger partial charge in [0.05, 0.1) is 22.4 Å². The molecule has 0 bridgehead atoms. The molecule has 2 aliphatic rings. The average Bonchev–Trinajstić information content (AvgIpc) is 3.33. The number of carbonyl (C=O) groups excluding carboxylic acids is 2. The van der Waals surface area contributed by atoms with Gasteiger partial charge in [-0.1, -0.05) is 66.4 Å². The molecule has 3 aromatic rings. The van der Waals surface area contributed by atoms with Crippen LogP contribution in [0.2, 0.25) is 0 Å². The van der Waals surface area contributed by atoms with E-state index in [0.29, 0.717) is 5.69 Å². The lowest BCUT2D eigenvalue weighted by Gasteiger charge is -2.32. The molecule has 2 fully saturated rings. The quantitative estimate of drug-likeness (QED) is 0.501. The summed E-state index contributed by atoms with van der Waals surface area (Å²) in [4.78, 5) is 29.0. The van der Waals surface area contributed by atoms with Crippen LogP contribution in [0.3, 0.4) is 0 Å². The SMILES string of the molecule is O=C1[C@H]2CS[C@](Sc3ccccc3)(S(=O)(=O)c3ccccc3)[C@H]2C(=O)N1c1ccccc1. The number of nitrogens with zero attached hydrogens (tertiary/aromatic N) is 1. The molecular weight excluding hydrogens is 462 g/mol. The Morgan fingerprint density at radius 3 is 2.00 bits per heavy atom. The zero-order chi connectivity index (χ0) is 22.3. The molecule has 2 amide bonds. The third-order valence-corrected chi connectivity index (χ3v) is 12.4. The Morgan fingerprint density at radius 2 is 1.38 bits per heavy atom. The number of fused-ring (bicyclic) bond motifs is 1. The highest BCUT2D eigenvalue weighted by Gasteiger charge is 2.68. The Kier molecular flexibility index (Phi) is 5.39. The summed E-state index contributed by atoms with van der Waals surface area (Å²) in [6, 6.07) is 26.1. The third-order valence-electron chi connectivity index (χ3n) is 5.72. The number of para-hydroxylation sites is 1. The Balaban J connectivity index is 1.66. The first-order valence-electron chi connectivity index (χ1n) is 10.1. The molecule has 0 unspecified atom stereocenters. The minimum atomic E-state index is -3.99. The van der Waals surface area contributed by atoms with Crippen LogP contribution in [-0.2, 0) is 19.4 Å². The fraction of sp³-hybridized carbons (Fsp3) is 0.167. The summed E-state index contributed by atoms with van der Waals surface area (Å²) >= 11 is 2.35. The first kappa shape index (κ1) is 21.3. The van der Waals surface area contributed by atoms with Crippen LogP contribution in [0.5, 0.6) is 0 Å². The van der Waals surface area contributed by atoms with Gasteiger partial charge >= 0.3 is 0 Å². The number of sulfone groups is 1. The van der Waals surface area contributed by atoms with Crippen molar-refractivity contribution >= 4 is 50.9 Å². The molecule has 0 radical (unpaired) electrons. The van der Waals surface area contributed by atoms with Gasteiger partial charge in [-0.2, -0.15) is 0 Å². The molecule has 2 heterocycles. The second kappa shape index (κ2) is 8.10. The second-order valence-electron chi connectivity index (χ2n) is 7.58. The van der Waals surface area contributed by atoms with Crippen LogP contribution in [-0.4, -0.2) is 29.4 Å². The zero-order valence-corrected chi connectivity index (χ0v) is 19.3. The van der Waals surface area contributed by atoms with Crippen LogP contribution >= 0.6 is 23.5 Å². The average molecular weight is 482 g/mol. The van der Waals surface area contributed by atoms with Gasteiger partial charge in [0.2, 0.25) is 21.7 Å². The molecule has 0 aromatic heterocycles. The van der Waals surface area contributed by atoms with Crippen LogP contribution in [0.15, 0.2) is 101 Å². The van der Waals surface area contributed by atoms with Gasteiger partial charge in [0.15, 0.2) is 3.41 Å². The number of hydrogen-bond donors (Lipinski definition) is 0. The monoisotopic (exact) mass is 481 g/mol. The molecule has 8 heteroatoms. The van der Waals surface area contributed by atoms with Gasteiger partial charge in [0.1, 0.15) is 0 Å². The fourth-order valence-corrected chi connectivity index (χ4v) is 10.7. The van der Waals surface area contributed by atoms with Gasteiger partial charge in [-0.3, -0.25) is 9.59 Å². The van der Waals surface area contributed by atoms with Crippen LogP contribution in [0, 0.1) is 11.8 Å². The maximum absolute atomic E-state index is 14.1. The van der Waals surface area contributed by atoms with Crippen molar-refractivity contribution in [2.24, 2.45) is 11.8 Å². The van der Waals surface area contributed by atoms with Gasteiger partial charge in [-0.05, 0) is 36.4 Å². The number of anilines is 1. The maximum Gasteiger partial charge on any atom is 0.241 e. The van der Waals surface area contributed by atoms with Gasteiger partial charge in [-0.15, -0.1) is 11.8 Å². The lowest BCUT2D eigenvalue weighted by atomic mass is 9.99. The highest BCUT2D eigenvalue weighted by Crippen LogP contribution is 2.63. The molecule has 32 heavy (non-hydrogen) atoms. The standard InChI is InChI=1S/C24H19NO4S3/c26-22-20-16-30-24(31-18-12-6-2-7-13-18,32(28,29)19-14-8-3-9-15-19)21(20)23(27)25(22)17-10-4-1-5-11-17/h1-15,20-21H,16H2/t20-,21+,24+/m0/s1. The van der Waals surface area contributed by atoms with Crippen molar-refractivity contribution in [3.63, 3.8) is 0 Å². The minimum absolute atomic E-state index is 0.148. The van der Waals surface area contributed by atoms with E-state index in [0.717, 1.165) is 21.6 Å². The van der Waals surface area contributed by atoms with E-state index in [4.69, 9.17) is 0 Å². The summed E-state index contributed by atoms with van der Waals surface area (Å²) in [5.41, 5.74) is 0.470. The molecule has 0 spiro atoms. The summed E-state index contributed by atoms with van der Waals surface area (Å²) in [6.07, 6.45) is 0. The molecule has 2 aliphatic heterocycles. The predicted octanol–water partition coefficient (Wildman–Crippen LogP) is 4.46. The molecule has 0 aliphatic carbocycles. The van der Waals surface area contributed by atoms with Crippen LogP contribution in [0.4, 0.5) is 5.69 Å². The number of thioether (sulfide) groups is 2. The fourth-order valence-electron chi connectivity index (χ4n) is 4.23. The summed E-state index contributed by atoms with van der Waals surface area (Å²) in [5, 5.41) is 0. The lowest BCUT2D eigenvalue weighted by molar-refractivity contribution is -0.122. The van der Waals surface area contributed by atoms with E-state index in [1.807, 2.05) is 30.3 Å². The smallest absolute Gasteiger partial charge is 0.241 e. The second-order valence-corrected chi connectivity index (χ2v) is 13.1. The van der Waals surface area contributed by atoms with E-state index in [1.165, 1.54) is 11.8 Å². The Hall–Kier alpha value is -2.55. The Morgan fingerprint density at radius 1 is 0.812 bits per heavy atom. The van der Waals surface area contributed by atoms with E-state index in [2.05, 4.69) is 0 Å². The van der Waals surface area contributed by atoms with Crippen molar-refractivity contribution in [1.82, 2.24) is 0 Å². The topological polar surface area (TPSA) is 71.5 Å². The predicted molar refractivity (Wildman–Crippen MR) is 127 cm³/mol. The summed E-state index contributed by atoms with van der Waals surface area (Å²) in [7, 11) is -3.99. The van der Waals surface area contributed by atoms with Crippen molar-refractivity contribution in [2.45, 2.75) is 13.2 Å². The Bertz CT molecular complexity index is 1270. The summed E-state index contributed by atoms with van der Waals surface area (Å²) in [6.45, 7) is 0. The van der Waals surface area contributed by atoms with Crippen LogP contribution < -0.4 is 4.90 Å². The Labute approximate surface area is 195 Å². The third kappa shape index (κ3) is 3.20. The van der Waals surface area contributed by atoms with E-state index >= 15 is 0 Å². The molecule has 0 saturated carbocycles. The number of rotatable bonds is 5. The number of amides is 2. The first-order chi connectivity index (χ1) is 15.5. The normalized spacial score (nSPS) is 25.2. The maximum atomic E-state index is 14.1. The largest absolute Gasteiger partial charge is 0.274 e. The number of benzene rings is 3. The molecule has 2 saturated heterocycles. The van der Waals surface area contributed by atoms with Crippen LogP contribution in [0.25, 0.3) is 0 Å². The van der Waals surface area contributed by atoms with E-state index in [9.17, 15) is 18.0 Å². The van der Waals surface area contributed by atoms with E-state index < -0.39 is 31.0 Å². The lowest BCUT2D eigenvalue weighted by Crippen LogP contribution is -2.43. The number of imide groups is 1. The summed E-state index contributed by atoms with van der Waals surface area (Å²) < 4.78 is 26.6. The highest BCUT2D eigenvalue weighted by molar-refractivity contribution is 8.31. The molecule has 3 aromatic carbocycles. The molecule has 5 nitrogen and oxygen atoms in total. The number of carbonyl (C=O) groups is 2. The highest BCUT2D eigenvalue weighted by atomic mass is 32.3. The molecule has 5 rings (SSSR count). The van der Waals surface area contributed by atoms with Crippen molar-refractivity contribution in [3.8, 4) is 0 Å². The molecular formula is C24H19NO4S3. The minimum Gasteiger partial charge on any atom is -0.274 e. The summed E-state index contributed by atoms with van der Waals surface area (Å²) in [5.74, 6) is -2.21. The van der Waals surface area contributed by atoms with Crippen LogP contribution in [0.1, 0.15) is 0 Å². The van der Waals surface area contributed by atoms with Crippen molar-refractivity contribution in [2.75, 3.05) is 10.7 Å². The van der Waals surface area contributed by atoms with Gasteiger partial charge in [-0.25, -0.2) is 13.3 Å². The van der Waals surface area contributed by atoms with E-state index in [1.54, 1.807) is 60.7 Å². The van der Waals surface area contributed by atoms with Gasteiger partial charge in [0.25, 0.3) is 0 Å². The molecule has 0 N–H and O–H groups in total. The van der Waals surface area contributed by atoms with Gasteiger partial charge < -0.3 is 0 Å². The number of hydrogen-bond acceptors (Lipinski definition) is 6. The van der Waals surface area contributed by atoms with Gasteiger partial charge in [0, 0.05) is 10.6 Å². The van der Waals surface area contributed by atoms with Crippen molar-refractivity contribution in [1.29, 1.82) is 0 Å². The zero-order valence-electron chi connectivity index (χ0n) is 16.8.